The van der Waals surface area contributed by atoms with E-state index in [-0.39, 0.29) is 5.28 Å². The standard InChI is InChI=1S/C9H5BrClN3/c10-8-3-1-2-6(13-8)7-4-5-12-9(11)14-7/h1-5H. The fraction of sp³-hybridized carbons (Fsp3) is 0. The van der Waals surface area contributed by atoms with Crippen LogP contribution in [0.5, 0.6) is 0 Å². The molecule has 2 aromatic rings. The van der Waals surface area contributed by atoms with E-state index >= 15 is 0 Å². The number of pyridine rings is 1. The summed E-state index contributed by atoms with van der Waals surface area (Å²) in [6.07, 6.45) is 1.60. The molecule has 0 bridgehead atoms. The number of rotatable bonds is 1. The first-order valence-electron chi connectivity index (χ1n) is 3.87. The lowest BCUT2D eigenvalue weighted by atomic mass is 10.3. The molecule has 0 radical (unpaired) electrons. The van der Waals surface area contributed by atoms with Gasteiger partial charge < -0.3 is 0 Å². The monoisotopic (exact) mass is 269 g/mol. The zero-order valence-electron chi connectivity index (χ0n) is 6.98. The predicted octanol–water partition coefficient (Wildman–Crippen LogP) is 2.95. The molecule has 0 N–H and O–H groups in total. The highest BCUT2D eigenvalue weighted by Gasteiger charge is 2.01. The first-order chi connectivity index (χ1) is 6.75. The third-order valence-electron chi connectivity index (χ3n) is 1.60. The maximum absolute atomic E-state index is 5.67. The second-order valence-electron chi connectivity index (χ2n) is 2.56. The minimum Gasteiger partial charge on any atom is -0.239 e. The Balaban J connectivity index is 2.49. The zero-order valence-corrected chi connectivity index (χ0v) is 9.33. The number of aromatic nitrogens is 3. The van der Waals surface area contributed by atoms with E-state index in [1.807, 2.05) is 18.2 Å². The van der Waals surface area contributed by atoms with Crippen LogP contribution in [0.4, 0.5) is 0 Å². The summed E-state index contributed by atoms with van der Waals surface area (Å²) in [5.74, 6) is 0. The van der Waals surface area contributed by atoms with Gasteiger partial charge in [0, 0.05) is 6.20 Å². The highest BCUT2D eigenvalue weighted by atomic mass is 79.9. The van der Waals surface area contributed by atoms with Crippen LogP contribution in [0.1, 0.15) is 0 Å². The van der Waals surface area contributed by atoms with Crippen molar-refractivity contribution in [2.45, 2.75) is 0 Å². The Kier molecular flexibility index (Phi) is 2.74. The molecule has 5 heteroatoms. The van der Waals surface area contributed by atoms with E-state index in [4.69, 9.17) is 11.6 Å². The summed E-state index contributed by atoms with van der Waals surface area (Å²) in [6.45, 7) is 0. The molecule has 0 spiro atoms. The van der Waals surface area contributed by atoms with Gasteiger partial charge in [0.1, 0.15) is 4.60 Å². The highest BCUT2D eigenvalue weighted by Crippen LogP contribution is 2.17. The Labute approximate surface area is 94.3 Å². The average Bonchev–Trinajstić information content (AvgIpc) is 2.18. The van der Waals surface area contributed by atoms with Gasteiger partial charge in [-0.25, -0.2) is 15.0 Å². The lowest BCUT2D eigenvalue weighted by molar-refractivity contribution is 1.15. The normalized spacial score (nSPS) is 10.1. The minimum atomic E-state index is 0.226. The number of halogens is 2. The maximum atomic E-state index is 5.67. The van der Waals surface area contributed by atoms with Crippen molar-refractivity contribution in [2.24, 2.45) is 0 Å². The number of hydrogen-bond donors (Lipinski definition) is 0. The quantitative estimate of drug-likeness (QED) is 0.591. The summed E-state index contributed by atoms with van der Waals surface area (Å²) in [5.41, 5.74) is 1.48. The molecule has 0 amide bonds. The van der Waals surface area contributed by atoms with Gasteiger partial charge in [0.05, 0.1) is 11.4 Å². The summed E-state index contributed by atoms with van der Waals surface area (Å²) in [4.78, 5) is 12.1. The van der Waals surface area contributed by atoms with Crippen LogP contribution in [-0.2, 0) is 0 Å². The SMILES string of the molecule is Clc1nccc(-c2cccc(Br)n2)n1. The molecule has 70 valence electrons. The molecular weight excluding hydrogens is 265 g/mol. The van der Waals surface area contributed by atoms with Crippen LogP contribution < -0.4 is 0 Å². The molecule has 3 nitrogen and oxygen atoms in total. The van der Waals surface area contributed by atoms with E-state index in [0.29, 0.717) is 5.69 Å². The molecule has 0 saturated carbocycles. The molecule has 0 aliphatic carbocycles. The van der Waals surface area contributed by atoms with Crippen molar-refractivity contribution >= 4 is 27.5 Å². The van der Waals surface area contributed by atoms with E-state index in [9.17, 15) is 0 Å². The Morgan fingerprint density at radius 1 is 1.07 bits per heavy atom. The first kappa shape index (κ1) is 9.55. The van der Waals surface area contributed by atoms with Crippen LogP contribution in [-0.4, -0.2) is 15.0 Å². The molecule has 2 heterocycles. The van der Waals surface area contributed by atoms with E-state index in [1.54, 1.807) is 12.3 Å². The third kappa shape index (κ3) is 2.08. The van der Waals surface area contributed by atoms with Crippen molar-refractivity contribution in [1.29, 1.82) is 0 Å². The van der Waals surface area contributed by atoms with Gasteiger partial charge in [-0.2, -0.15) is 0 Å². The minimum absolute atomic E-state index is 0.226. The van der Waals surface area contributed by atoms with Gasteiger partial charge in [-0.05, 0) is 45.7 Å². The Morgan fingerprint density at radius 2 is 1.86 bits per heavy atom. The largest absolute Gasteiger partial charge is 0.239 e. The molecule has 0 atom stereocenters. The maximum Gasteiger partial charge on any atom is 0.222 e. The molecule has 0 fully saturated rings. The van der Waals surface area contributed by atoms with Crippen LogP contribution in [0.3, 0.4) is 0 Å². The fourth-order valence-corrected chi connectivity index (χ4v) is 1.52. The predicted molar refractivity (Wildman–Crippen MR) is 58.0 cm³/mol. The van der Waals surface area contributed by atoms with Crippen molar-refractivity contribution in [1.82, 2.24) is 15.0 Å². The summed E-state index contributed by atoms with van der Waals surface area (Å²) < 4.78 is 0.768. The van der Waals surface area contributed by atoms with E-state index in [0.717, 1.165) is 10.3 Å². The molecule has 0 aromatic carbocycles. The summed E-state index contributed by atoms with van der Waals surface area (Å²) >= 11 is 8.96. The molecule has 0 unspecified atom stereocenters. The highest BCUT2D eigenvalue weighted by molar-refractivity contribution is 9.10. The first-order valence-corrected chi connectivity index (χ1v) is 5.04. The van der Waals surface area contributed by atoms with Gasteiger partial charge in [0.2, 0.25) is 5.28 Å². The van der Waals surface area contributed by atoms with Gasteiger partial charge in [-0.3, -0.25) is 0 Å². The lowest BCUT2D eigenvalue weighted by Gasteiger charge is -1.99. The van der Waals surface area contributed by atoms with Gasteiger partial charge in [0.15, 0.2) is 0 Å². The Hall–Kier alpha value is -1.00. The van der Waals surface area contributed by atoms with Gasteiger partial charge in [0.25, 0.3) is 0 Å². The number of hydrogen-bond acceptors (Lipinski definition) is 3. The Bertz CT molecular complexity index is 418. The van der Waals surface area contributed by atoms with Crippen molar-refractivity contribution in [3.8, 4) is 11.4 Å². The topological polar surface area (TPSA) is 38.7 Å². The van der Waals surface area contributed by atoms with Crippen LogP contribution in [0.2, 0.25) is 5.28 Å². The zero-order chi connectivity index (χ0) is 9.97. The fourth-order valence-electron chi connectivity index (χ4n) is 1.03. The molecule has 0 saturated heterocycles. The van der Waals surface area contributed by atoms with Gasteiger partial charge in [-0.15, -0.1) is 0 Å². The average molecular weight is 271 g/mol. The smallest absolute Gasteiger partial charge is 0.222 e. The van der Waals surface area contributed by atoms with Gasteiger partial charge in [-0.1, -0.05) is 6.07 Å². The van der Waals surface area contributed by atoms with Crippen molar-refractivity contribution in [2.75, 3.05) is 0 Å². The van der Waals surface area contributed by atoms with Crippen LogP contribution in [0.25, 0.3) is 11.4 Å². The molecule has 0 aliphatic heterocycles. The molecular formula is C9H5BrClN3. The van der Waals surface area contributed by atoms with Crippen molar-refractivity contribution < 1.29 is 0 Å². The van der Waals surface area contributed by atoms with Crippen LogP contribution >= 0.6 is 27.5 Å². The van der Waals surface area contributed by atoms with E-state index in [1.165, 1.54) is 0 Å². The van der Waals surface area contributed by atoms with Crippen LogP contribution in [0, 0.1) is 0 Å². The van der Waals surface area contributed by atoms with Gasteiger partial charge >= 0.3 is 0 Å². The summed E-state index contributed by atoms with van der Waals surface area (Å²) in [6, 6.07) is 7.37. The lowest BCUT2D eigenvalue weighted by Crippen LogP contribution is -1.89. The van der Waals surface area contributed by atoms with Crippen LogP contribution in [0.15, 0.2) is 35.1 Å². The summed E-state index contributed by atoms with van der Waals surface area (Å²) in [7, 11) is 0. The van der Waals surface area contributed by atoms with E-state index < -0.39 is 0 Å². The third-order valence-corrected chi connectivity index (χ3v) is 2.23. The molecule has 14 heavy (non-hydrogen) atoms. The van der Waals surface area contributed by atoms with E-state index in [2.05, 4.69) is 30.9 Å². The molecule has 0 aliphatic rings. The second-order valence-corrected chi connectivity index (χ2v) is 3.71. The molecule has 2 aromatic heterocycles. The van der Waals surface area contributed by atoms with Crippen molar-refractivity contribution in [3.05, 3.63) is 40.3 Å². The number of nitrogens with zero attached hydrogens (tertiary/aromatic N) is 3. The second kappa shape index (κ2) is 4.02. The Morgan fingerprint density at radius 3 is 2.57 bits per heavy atom. The summed E-state index contributed by atoms with van der Waals surface area (Å²) in [5, 5.41) is 0.226. The van der Waals surface area contributed by atoms with Crippen molar-refractivity contribution in [3.63, 3.8) is 0 Å². The molecule has 2 rings (SSSR count).